The summed E-state index contributed by atoms with van der Waals surface area (Å²) in [5, 5.41) is 3.83. The fourth-order valence-corrected chi connectivity index (χ4v) is 3.55. The summed E-state index contributed by atoms with van der Waals surface area (Å²) in [5.41, 5.74) is 7.26. The maximum atomic E-state index is 14.2. The molecule has 1 saturated heterocycles. The van der Waals surface area contributed by atoms with Crippen LogP contribution in [0.15, 0.2) is 53.1 Å². The Morgan fingerprint density at radius 1 is 1.10 bits per heavy atom. The number of anilines is 2. The molecule has 0 bridgehead atoms. The molecule has 1 aliphatic heterocycles. The Hall–Kier alpha value is -3.55. The highest BCUT2D eigenvalue weighted by Crippen LogP contribution is 2.32. The third-order valence-electron chi connectivity index (χ3n) is 5.05. The number of piperazine rings is 1. The van der Waals surface area contributed by atoms with Crippen LogP contribution in [0.4, 0.5) is 16.0 Å². The van der Waals surface area contributed by atoms with Gasteiger partial charge in [0.2, 0.25) is 5.88 Å². The van der Waals surface area contributed by atoms with Gasteiger partial charge in [-0.1, -0.05) is 29.4 Å². The van der Waals surface area contributed by atoms with Gasteiger partial charge in [-0.2, -0.15) is 0 Å². The lowest BCUT2D eigenvalue weighted by Gasteiger charge is -2.36. The minimum absolute atomic E-state index is 0.0980. The summed E-state index contributed by atoms with van der Waals surface area (Å²) >= 11 is 0. The Kier molecular flexibility index (Phi) is 5.07. The van der Waals surface area contributed by atoms with Crippen LogP contribution >= 0.6 is 0 Å². The predicted octanol–water partition coefficient (Wildman–Crippen LogP) is 3.03. The van der Waals surface area contributed by atoms with Gasteiger partial charge in [-0.05, 0) is 24.3 Å². The Balaban J connectivity index is 1.54. The maximum Gasteiger partial charge on any atom is 0.261 e. The predicted molar refractivity (Wildman–Crippen MR) is 107 cm³/mol. The summed E-state index contributed by atoms with van der Waals surface area (Å²) in [4.78, 5) is 17.0. The lowest BCUT2D eigenvalue weighted by Crippen LogP contribution is -2.49. The largest absolute Gasteiger partial charge is 0.495 e. The molecule has 2 aromatic carbocycles. The molecule has 7 nitrogen and oxygen atoms in total. The van der Waals surface area contributed by atoms with Crippen molar-refractivity contribution in [3.05, 3.63) is 59.9 Å². The first-order valence-corrected chi connectivity index (χ1v) is 9.27. The van der Waals surface area contributed by atoms with Gasteiger partial charge in [0.25, 0.3) is 5.91 Å². The lowest BCUT2D eigenvalue weighted by atomic mass is 10.1. The molecule has 1 amide bonds. The van der Waals surface area contributed by atoms with E-state index in [0.29, 0.717) is 26.2 Å². The highest BCUT2D eigenvalue weighted by molar-refractivity contribution is 6.03. The average molecular weight is 396 g/mol. The molecule has 1 aliphatic rings. The van der Waals surface area contributed by atoms with Crippen molar-refractivity contribution in [1.29, 1.82) is 0 Å². The Morgan fingerprint density at radius 2 is 1.79 bits per heavy atom. The van der Waals surface area contributed by atoms with Gasteiger partial charge in [0.05, 0.1) is 12.8 Å². The van der Waals surface area contributed by atoms with Crippen molar-refractivity contribution in [3.8, 4) is 17.0 Å². The molecule has 1 aromatic heterocycles. The van der Waals surface area contributed by atoms with Crippen LogP contribution in [0.25, 0.3) is 11.3 Å². The van der Waals surface area contributed by atoms with E-state index in [4.69, 9.17) is 15.0 Å². The molecule has 2 N–H and O–H groups in total. The number of carbonyl (C=O) groups is 1. The Labute approximate surface area is 167 Å². The quantitative estimate of drug-likeness (QED) is 0.730. The second kappa shape index (κ2) is 7.83. The van der Waals surface area contributed by atoms with Gasteiger partial charge in [0.1, 0.15) is 22.8 Å². The van der Waals surface area contributed by atoms with Crippen molar-refractivity contribution in [2.45, 2.75) is 0 Å². The monoisotopic (exact) mass is 396 g/mol. The molecular weight excluding hydrogens is 375 g/mol. The molecular formula is C21H21FN4O3. The summed E-state index contributed by atoms with van der Waals surface area (Å²) in [5.74, 6) is -0.129. The van der Waals surface area contributed by atoms with Crippen LogP contribution in [0.2, 0.25) is 0 Å². The maximum absolute atomic E-state index is 14.2. The zero-order valence-corrected chi connectivity index (χ0v) is 16.0. The van der Waals surface area contributed by atoms with E-state index in [-0.39, 0.29) is 28.6 Å². The third kappa shape index (κ3) is 3.49. The average Bonchev–Trinajstić information content (AvgIpc) is 3.14. The molecule has 29 heavy (non-hydrogen) atoms. The van der Waals surface area contributed by atoms with Crippen molar-refractivity contribution in [3.63, 3.8) is 0 Å². The molecule has 0 radical (unpaired) electrons. The first kappa shape index (κ1) is 18.8. The van der Waals surface area contributed by atoms with Crippen molar-refractivity contribution in [2.24, 2.45) is 0 Å². The number of para-hydroxylation sites is 2. The Morgan fingerprint density at radius 3 is 2.52 bits per heavy atom. The van der Waals surface area contributed by atoms with Crippen LogP contribution in [-0.4, -0.2) is 49.3 Å². The zero-order chi connectivity index (χ0) is 20.4. The SMILES string of the molecule is COc1ccccc1N1CCN(C(=O)c2c(-c3ccccc3F)noc2N)CC1. The zero-order valence-electron chi connectivity index (χ0n) is 16.0. The van der Waals surface area contributed by atoms with Crippen molar-refractivity contribution < 1.29 is 18.4 Å². The number of carbonyl (C=O) groups excluding carboxylic acids is 1. The van der Waals surface area contributed by atoms with E-state index in [1.165, 1.54) is 6.07 Å². The molecule has 3 aromatic rings. The van der Waals surface area contributed by atoms with E-state index >= 15 is 0 Å². The number of methoxy groups -OCH3 is 1. The fraction of sp³-hybridized carbons (Fsp3) is 0.238. The van der Waals surface area contributed by atoms with Crippen molar-refractivity contribution in [2.75, 3.05) is 43.9 Å². The molecule has 8 heteroatoms. The van der Waals surface area contributed by atoms with Crippen LogP contribution in [0.3, 0.4) is 0 Å². The van der Waals surface area contributed by atoms with Gasteiger partial charge in [0.15, 0.2) is 0 Å². The van der Waals surface area contributed by atoms with Crippen molar-refractivity contribution >= 4 is 17.5 Å². The number of ether oxygens (including phenoxy) is 1. The van der Waals surface area contributed by atoms with E-state index in [9.17, 15) is 9.18 Å². The molecule has 0 saturated carbocycles. The molecule has 0 spiro atoms. The number of hydrogen-bond donors (Lipinski definition) is 1. The van der Waals surface area contributed by atoms with Crippen molar-refractivity contribution in [1.82, 2.24) is 10.1 Å². The minimum Gasteiger partial charge on any atom is -0.495 e. The topological polar surface area (TPSA) is 84.8 Å². The third-order valence-corrected chi connectivity index (χ3v) is 5.05. The van der Waals surface area contributed by atoms with Crippen LogP contribution in [0.5, 0.6) is 5.75 Å². The summed E-state index contributed by atoms with van der Waals surface area (Å²) in [6.07, 6.45) is 0. The first-order valence-electron chi connectivity index (χ1n) is 9.27. The molecule has 0 aliphatic carbocycles. The molecule has 1 fully saturated rings. The normalized spacial score (nSPS) is 14.1. The first-order chi connectivity index (χ1) is 14.1. The standard InChI is InChI=1S/C21H21FN4O3/c1-28-17-9-5-4-8-16(17)25-10-12-26(13-11-25)21(27)18-19(24-29-20(18)23)14-6-2-3-7-15(14)22/h2-9H,10-13,23H2,1H3. The number of nitrogens with zero attached hydrogens (tertiary/aromatic N) is 3. The number of benzene rings is 2. The van der Waals surface area contributed by atoms with Crippen LogP contribution in [-0.2, 0) is 0 Å². The lowest BCUT2D eigenvalue weighted by molar-refractivity contribution is 0.0748. The van der Waals surface area contributed by atoms with Gasteiger partial charge in [-0.25, -0.2) is 4.39 Å². The summed E-state index contributed by atoms with van der Waals surface area (Å²) in [6.45, 7) is 2.23. The fourth-order valence-electron chi connectivity index (χ4n) is 3.55. The number of amides is 1. The van der Waals surface area contributed by atoms with Gasteiger partial charge in [-0.3, -0.25) is 4.79 Å². The highest BCUT2D eigenvalue weighted by atomic mass is 19.1. The molecule has 0 atom stereocenters. The van der Waals surface area contributed by atoms with E-state index in [0.717, 1.165) is 11.4 Å². The van der Waals surface area contributed by atoms with Crippen LogP contribution in [0, 0.1) is 5.82 Å². The minimum atomic E-state index is -0.490. The number of halogens is 1. The van der Waals surface area contributed by atoms with Crippen LogP contribution in [0.1, 0.15) is 10.4 Å². The van der Waals surface area contributed by atoms with Crippen LogP contribution < -0.4 is 15.4 Å². The van der Waals surface area contributed by atoms with E-state index in [2.05, 4.69) is 10.1 Å². The van der Waals surface area contributed by atoms with Gasteiger partial charge < -0.3 is 24.8 Å². The summed E-state index contributed by atoms with van der Waals surface area (Å²) in [7, 11) is 1.64. The van der Waals surface area contributed by atoms with E-state index in [1.807, 2.05) is 24.3 Å². The van der Waals surface area contributed by atoms with Gasteiger partial charge in [-0.15, -0.1) is 0 Å². The number of nitrogen functional groups attached to an aromatic ring is 1. The highest BCUT2D eigenvalue weighted by Gasteiger charge is 2.30. The summed E-state index contributed by atoms with van der Waals surface area (Å²) in [6, 6.07) is 13.9. The number of nitrogens with two attached hydrogens (primary N) is 1. The molecule has 150 valence electrons. The number of aromatic nitrogens is 1. The molecule has 2 heterocycles. The van der Waals surface area contributed by atoms with E-state index < -0.39 is 5.82 Å². The second-order valence-electron chi connectivity index (χ2n) is 6.70. The Bertz CT molecular complexity index is 1030. The summed E-state index contributed by atoms with van der Waals surface area (Å²) < 4.78 is 24.7. The second-order valence-corrected chi connectivity index (χ2v) is 6.70. The van der Waals surface area contributed by atoms with Gasteiger partial charge in [0, 0.05) is 31.7 Å². The number of rotatable bonds is 4. The molecule has 0 unspecified atom stereocenters. The smallest absolute Gasteiger partial charge is 0.261 e. The number of hydrogen-bond acceptors (Lipinski definition) is 6. The van der Waals surface area contributed by atoms with Gasteiger partial charge >= 0.3 is 0 Å². The van der Waals surface area contributed by atoms with E-state index in [1.54, 1.807) is 30.2 Å². The molecule has 4 rings (SSSR count).